The maximum atomic E-state index is 13.1. The third-order valence-electron chi connectivity index (χ3n) is 4.52. The maximum Gasteiger partial charge on any atom is 0.254 e. The Morgan fingerprint density at radius 2 is 1.93 bits per heavy atom. The van der Waals surface area contributed by atoms with Crippen LogP contribution in [-0.4, -0.2) is 48.4 Å². The molecule has 0 bridgehead atoms. The third kappa shape index (κ3) is 4.90. The Balaban J connectivity index is 1.74. The van der Waals surface area contributed by atoms with E-state index in [9.17, 15) is 18.8 Å². The highest BCUT2D eigenvalue weighted by Gasteiger charge is 2.35. The Morgan fingerprint density at radius 1 is 1.21 bits per heavy atom. The lowest BCUT2D eigenvalue weighted by atomic mass is 10.1. The van der Waals surface area contributed by atoms with Crippen molar-refractivity contribution in [1.82, 2.24) is 10.2 Å². The molecule has 2 aromatic carbocycles. The van der Waals surface area contributed by atoms with Gasteiger partial charge in [-0.3, -0.25) is 14.4 Å². The van der Waals surface area contributed by atoms with E-state index in [0.717, 1.165) is 0 Å². The molecule has 29 heavy (non-hydrogen) atoms. The molecule has 1 aliphatic rings. The lowest BCUT2D eigenvalue weighted by Crippen LogP contribution is -2.58. The second-order valence-corrected chi connectivity index (χ2v) is 6.49. The van der Waals surface area contributed by atoms with Crippen LogP contribution in [0.1, 0.15) is 23.7 Å². The van der Waals surface area contributed by atoms with E-state index in [-0.39, 0.29) is 25.1 Å². The first-order valence-electron chi connectivity index (χ1n) is 9.35. The van der Waals surface area contributed by atoms with E-state index in [0.29, 0.717) is 18.0 Å². The van der Waals surface area contributed by atoms with Crippen LogP contribution in [0.5, 0.6) is 5.75 Å². The number of benzene rings is 2. The number of rotatable bonds is 6. The Kier molecular flexibility index (Phi) is 6.43. The normalized spacial score (nSPS) is 16.1. The van der Waals surface area contributed by atoms with Crippen LogP contribution in [0.25, 0.3) is 0 Å². The number of piperazine rings is 1. The van der Waals surface area contributed by atoms with Gasteiger partial charge in [-0.1, -0.05) is 12.1 Å². The van der Waals surface area contributed by atoms with E-state index < -0.39 is 29.6 Å². The van der Waals surface area contributed by atoms with Gasteiger partial charge in [-0.2, -0.15) is 0 Å². The highest BCUT2D eigenvalue weighted by atomic mass is 19.1. The first kappa shape index (κ1) is 20.3. The van der Waals surface area contributed by atoms with E-state index in [1.807, 2.05) is 6.92 Å². The molecule has 3 rings (SSSR count). The van der Waals surface area contributed by atoms with E-state index in [1.54, 1.807) is 24.3 Å². The van der Waals surface area contributed by atoms with E-state index in [2.05, 4.69) is 10.6 Å². The van der Waals surface area contributed by atoms with Crippen LogP contribution in [0.4, 0.5) is 10.1 Å². The summed E-state index contributed by atoms with van der Waals surface area (Å²) in [6.07, 6.45) is -0.209. The van der Waals surface area contributed by atoms with Gasteiger partial charge in [0.1, 0.15) is 17.6 Å². The number of amides is 3. The zero-order valence-electron chi connectivity index (χ0n) is 16.0. The lowest BCUT2D eigenvalue weighted by Gasteiger charge is -2.34. The van der Waals surface area contributed by atoms with Gasteiger partial charge in [-0.25, -0.2) is 4.39 Å². The highest BCUT2D eigenvalue weighted by molar-refractivity contribution is 6.01. The Bertz CT molecular complexity index is 901. The minimum absolute atomic E-state index is 0.209. The number of nitrogens with zero attached hydrogens (tertiary/aromatic N) is 1. The number of nitrogens with one attached hydrogen (secondary N) is 2. The molecule has 3 amide bonds. The van der Waals surface area contributed by atoms with Crippen molar-refractivity contribution >= 4 is 23.4 Å². The highest BCUT2D eigenvalue weighted by Crippen LogP contribution is 2.24. The smallest absolute Gasteiger partial charge is 0.254 e. The number of carbonyl (C=O) groups excluding carboxylic acids is 3. The molecule has 0 spiro atoms. The van der Waals surface area contributed by atoms with Crippen molar-refractivity contribution in [3.63, 3.8) is 0 Å². The van der Waals surface area contributed by atoms with Crippen LogP contribution in [-0.2, 0) is 9.59 Å². The summed E-state index contributed by atoms with van der Waals surface area (Å²) in [5, 5.41) is 5.42. The molecule has 0 saturated carbocycles. The molecule has 0 radical (unpaired) electrons. The summed E-state index contributed by atoms with van der Waals surface area (Å²) >= 11 is 0. The minimum atomic E-state index is -0.958. The molecular weight excluding hydrogens is 377 g/mol. The van der Waals surface area contributed by atoms with Gasteiger partial charge in [-0.05, 0) is 43.3 Å². The van der Waals surface area contributed by atoms with Crippen molar-refractivity contribution in [3.8, 4) is 5.75 Å². The Morgan fingerprint density at radius 3 is 2.66 bits per heavy atom. The predicted molar refractivity (Wildman–Crippen MR) is 105 cm³/mol. The molecule has 2 aromatic rings. The molecule has 1 atom stereocenters. The Labute approximate surface area is 167 Å². The average Bonchev–Trinajstić information content (AvgIpc) is 2.71. The molecule has 2 N–H and O–H groups in total. The minimum Gasteiger partial charge on any atom is -0.492 e. The van der Waals surface area contributed by atoms with Crippen molar-refractivity contribution in [2.45, 2.75) is 19.4 Å². The van der Waals surface area contributed by atoms with Crippen LogP contribution in [0.3, 0.4) is 0 Å². The van der Waals surface area contributed by atoms with Gasteiger partial charge < -0.3 is 20.3 Å². The van der Waals surface area contributed by atoms with Crippen molar-refractivity contribution in [3.05, 3.63) is 59.9 Å². The summed E-state index contributed by atoms with van der Waals surface area (Å²) in [5.41, 5.74) is 0.750. The standard InChI is InChI=1S/C21H22FN3O4/c1-2-29-18-6-4-3-5-16(18)24-19(26)13-17-20(27)23-11-12-25(17)21(28)14-7-9-15(22)10-8-14/h3-10,17H,2,11-13H2,1H3,(H,23,27)(H,24,26)/t17-/m0/s1. The van der Waals surface area contributed by atoms with Crippen molar-refractivity contribution in [1.29, 1.82) is 0 Å². The number of hydrogen-bond donors (Lipinski definition) is 2. The average molecular weight is 399 g/mol. The third-order valence-corrected chi connectivity index (χ3v) is 4.52. The summed E-state index contributed by atoms with van der Waals surface area (Å²) in [6.45, 7) is 2.83. The van der Waals surface area contributed by atoms with Crippen LogP contribution in [0, 0.1) is 5.82 Å². The second kappa shape index (κ2) is 9.18. The summed E-state index contributed by atoms with van der Waals surface area (Å²) in [6, 6.07) is 11.1. The van der Waals surface area contributed by atoms with E-state index in [4.69, 9.17) is 4.74 Å². The summed E-state index contributed by atoms with van der Waals surface area (Å²) in [5.74, 6) is -1.18. The van der Waals surface area contributed by atoms with Gasteiger partial charge in [0, 0.05) is 18.7 Å². The van der Waals surface area contributed by atoms with Crippen LogP contribution in [0.15, 0.2) is 48.5 Å². The molecule has 0 aromatic heterocycles. The molecule has 8 heteroatoms. The quantitative estimate of drug-likeness (QED) is 0.780. The van der Waals surface area contributed by atoms with Crippen LogP contribution < -0.4 is 15.4 Å². The van der Waals surface area contributed by atoms with Crippen molar-refractivity contribution in [2.75, 3.05) is 25.0 Å². The Hall–Kier alpha value is -3.42. The topological polar surface area (TPSA) is 87.7 Å². The van der Waals surface area contributed by atoms with Crippen molar-refractivity contribution in [2.24, 2.45) is 0 Å². The van der Waals surface area contributed by atoms with Gasteiger partial charge in [-0.15, -0.1) is 0 Å². The lowest BCUT2D eigenvalue weighted by molar-refractivity contribution is -0.131. The number of ether oxygens (including phenoxy) is 1. The largest absolute Gasteiger partial charge is 0.492 e. The molecule has 0 unspecified atom stereocenters. The van der Waals surface area contributed by atoms with Crippen molar-refractivity contribution < 1.29 is 23.5 Å². The summed E-state index contributed by atoms with van der Waals surface area (Å²) in [4.78, 5) is 39.1. The molecule has 152 valence electrons. The number of carbonyl (C=O) groups is 3. The maximum absolute atomic E-state index is 13.1. The summed E-state index contributed by atoms with van der Waals surface area (Å²) < 4.78 is 18.6. The molecule has 0 aliphatic carbocycles. The number of para-hydroxylation sites is 2. The summed E-state index contributed by atoms with van der Waals surface area (Å²) in [7, 11) is 0. The molecule has 7 nitrogen and oxygen atoms in total. The zero-order chi connectivity index (χ0) is 20.8. The predicted octanol–water partition coefficient (Wildman–Crippen LogP) is 2.19. The fraction of sp³-hybridized carbons (Fsp3) is 0.286. The van der Waals surface area contributed by atoms with Gasteiger partial charge in [0.15, 0.2) is 0 Å². The number of hydrogen-bond acceptors (Lipinski definition) is 4. The number of anilines is 1. The van der Waals surface area contributed by atoms with E-state index in [1.165, 1.54) is 29.2 Å². The molecule has 1 aliphatic heterocycles. The molecule has 1 fully saturated rings. The monoisotopic (exact) mass is 399 g/mol. The number of halogens is 1. The fourth-order valence-corrected chi connectivity index (χ4v) is 3.15. The fourth-order valence-electron chi connectivity index (χ4n) is 3.15. The second-order valence-electron chi connectivity index (χ2n) is 6.49. The molecule has 1 saturated heterocycles. The van der Waals surface area contributed by atoms with Gasteiger partial charge in [0.05, 0.1) is 18.7 Å². The van der Waals surface area contributed by atoms with Gasteiger partial charge in [0.2, 0.25) is 11.8 Å². The van der Waals surface area contributed by atoms with Crippen LogP contribution in [0.2, 0.25) is 0 Å². The zero-order valence-corrected chi connectivity index (χ0v) is 16.0. The first-order valence-corrected chi connectivity index (χ1v) is 9.35. The first-order chi connectivity index (χ1) is 14.0. The molecule has 1 heterocycles. The SMILES string of the molecule is CCOc1ccccc1NC(=O)C[C@H]1C(=O)NCCN1C(=O)c1ccc(F)cc1. The van der Waals surface area contributed by atoms with E-state index >= 15 is 0 Å². The molecular formula is C21H22FN3O4. The van der Waals surface area contributed by atoms with Crippen LogP contribution >= 0.6 is 0 Å². The van der Waals surface area contributed by atoms with Gasteiger partial charge in [0.25, 0.3) is 5.91 Å². The van der Waals surface area contributed by atoms with Gasteiger partial charge >= 0.3 is 0 Å².